The van der Waals surface area contributed by atoms with Crippen molar-refractivity contribution in [2.75, 3.05) is 0 Å². The molecule has 1 aliphatic rings. The fraction of sp³-hybridized carbons (Fsp3) is 0.643. The third kappa shape index (κ3) is 4.16. The van der Waals surface area contributed by atoms with Crippen LogP contribution in [0.4, 0.5) is 0 Å². The standard InChI is InChI=1S/C14H20O6/c1-8(2)12(15)9(3)19-20-14(18)11-7-5-4-6-10(11)13(16)17/h9-11H,1,4-7H2,2-3H3,(H,16,17). The third-order valence-electron chi connectivity index (χ3n) is 3.45. The summed E-state index contributed by atoms with van der Waals surface area (Å²) in [7, 11) is 0. The molecule has 0 aromatic heterocycles. The first-order valence-electron chi connectivity index (χ1n) is 6.64. The summed E-state index contributed by atoms with van der Waals surface area (Å²) >= 11 is 0. The Morgan fingerprint density at radius 1 is 1.20 bits per heavy atom. The average Bonchev–Trinajstić information content (AvgIpc) is 2.43. The molecule has 1 saturated carbocycles. The minimum absolute atomic E-state index is 0.301. The number of aliphatic carboxylic acids is 1. The first-order valence-corrected chi connectivity index (χ1v) is 6.64. The predicted molar refractivity (Wildman–Crippen MR) is 69.5 cm³/mol. The Kier molecular flexibility index (Phi) is 5.88. The number of Topliss-reactive ketones (excluding diaryl/α,β-unsaturated/α-hetero) is 1. The van der Waals surface area contributed by atoms with E-state index >= 15 is 0 Å². The number of hydrogen-bond donors (Lipinski definition) is 1. The Balaban J connectivity index is 2.55. The fourth-order valence-electron chi connectivity index (χ4n) is 2.28. The van der Waals surface area contributed by atoms with Gasteiger partial charge in [0, 0.05) is 0 Å². The van der Waals surface area contributed by atoms with E-state index in [1.54, 1.807) is 0 Å². The predicted octanol–water partition coefficient (Wildman–Crippen LogP) is 1.89. The van der Waals surface area contributed by atoms with Crippen LogP contribution in [0, 0.1) is 11.8 Å². The molecule has 0 amide bonds. The average molecular weight is 284 g/mol. The van der Waals surface area contributed by atoms with E-state index in [4.69, 9.17) is 9.99 Å². The lowest BCUT2D eigenvalue weighted by atomic mass is 9.79. The van der Waals surface area contributed by atoms with Crippen molar-refractivity contribution in [2.45, 2.75) is 45.6 Å². The molecule has 6 heteroatoms. The van der Waals surface area contributed by atoms with Crippen molar-refractivity contribution < 1.29 is 29.3 Å². The summed E-state index contributed by atoms with van der Waals surface area (Å²) in [5.41, 5.74) is 0.301. The van der Waals surface area contributed by atoms with Gasteiger partial charge in [0.15, 0.2) is 11.9 Å². The molecule has 112 valence electrons. The van der Waals surface area contributed by atoms with Crippen LogP contribution < -0.4 is 0 Å². The van der Waals surface area contributed by atoms with Gasteiger partial charge in [0.1, 0.15) is 0 Å². The molecular weight excluding hydrogens is 264 g/mol. The van der Waals surface area contributed by atoms with Crippen molar-refractivity contribution in [3.8, 4) is 0 Å². The van der Waals surface area contributed by atoms with Gasteiger partial charge in [0.2, 0.25) is 0 Å². The molecular formula is C14H20O6. The second-order valence-corrected chi connectivity index (χ2v) is 5.12. The molecule has 3 unspecified atom stereocenters. The Bertz CT molecular complexity index is 414. The molecule has 0 aliphatic heterocycles. The number of rotatable bonds is 6. The van der Waals surface area contributed by atoms with Crippen molar-refractivity contribution in [3.05, 3.63) is 12.2 Å². The minimum Gasteiger partial charge on any atom is -0.481 e. The molecule has 1 fully saturated rings. The molecule has 1 aliphatic carbocycles. The van der Waals surface area contributed by atoms with Gasteiger partial charge in [-0.25, -0.2) is 4.79 Å². The van der Waals surface area contributed by atoms with Gasteiger partial charge in [-0.15, -0.1) is 0 Å². The van der Waals surface area contributed by atoms with Crippen molar-refractivity contribution in [2.24, 2.45) is 11.8 Å². The van der Waals surface area contributed by atoms with Crippen LogP contribution in [0.15, 0.2) is 12.2 Å². The van der Waals surface area contributed by atoms with Gasteiger partial charge >= 0.3 is 11.9 Å². The van der Waals surface area contributed by atoms with Gasteiger partial charge in [-0.1, -0.05) is 19.4 Å². The zero-order valence-electron chi connectivity index (χ0n) is 11.8. The normalized spacial score (nSPS) is 23.7. The Morgan fingerprint density at radius 3 is 2.25 bits per heavy atom. The second-order valence-electron chi connectivity index (χ2n) is 5.12. The van der Waals surface area contributed by atoms with Crippen molar-refractivity contribution >= 4 is 17.7 Å². The van der Waals surface area contributed by atoms with Gasteiger partial charge in [0.05, 0.1) is 11.8 Å². The maximum atomic E-state index is 11.9. The molecule has 20 heavy (non-hydrogen) atoms. The molecule has 3 atom stereocenters. The Hall–Kier alpha value is -1.69. The van der Waals surface area contributed by atoms with E-state index in [1.165, 1.54) is 13.8 Å². The first-order chi connectivity index (χ1) is 9.34. The number of carbonyl (C=O) groups excluding carboxylic acids is 2. The van der Waals surface area contributed by atoms with Gasteiger partial charge in [-0.2, -0.15) is 4.89 Å². The van der Waals surface area contributed by atoms with E-state index in [1.807, 2.05) is 0 Å². The topological polar surface area (TPSA) is 89.9 Å². The maximum absolute atomic E-state index is 11.9. The SMILES string of the molecule is C=C(C)C(=O)C(C)OOC(=O)C1CCCCC1C(=O)O. The van der Waals surface area contributed by atoms with Crippen molar-refractivity contribution in [1.29, 1.82) is 0 Å². The van der Waals surface area contributed by atoms with Crippen LogP contribution in [-0.2, 0) is 24.2 Å². The van der Waals surface area contributed by atoms with E-state index in [-0.39, 0.29) is 5.78 Å². The van der Waals surface area contributed by atoms with Crippen molar-refractivity contribution in [3.63, 3.8) is 0 Å². The largest absolute Gasteiger partial charge is 0.481 e. The van der Waals surface area contributed by atoms with E-state index < -0.39 is 29.9 Å². The number of carboxylic acid groups (broad SMARTS) is 1. The highest BCUT2D eigenvalue weighted by Gasteiger charge is 2.37. The van der Waals surface area contributed by atoms with Crippen LogP contribution in [0.2, 0.25) is 0 Å². The summed E-state index contributed by atoms with van der Waals surface area (Å²) in [5, 5.41) is 9.08. The van der Waals surface area contributed by atoms with Crippen LogP contribution >= 0.6 is 0 Å². The smallest absolute Gasteiger partial charge is 0.346 e. The highest BCUT2D eigenvalue weighted by atomic mass is 17.2. The summed E-state index contributed by atoms with van der Waals surface area (Å²) in [4.78, 5) is 43.8. The number of ketones is 1. The fourth-order valence-corrected chi connectivity index (χ4v) is 2.28. The second kappa shape index (κ2) is 7.19. The third-order valence-corrected chi connectivity index (χ3v) is 3.45. The number of carboxylic acids is 1. The maximum Gasteiger partial charge on any atom is 0.346 e. The lowest BCUT2D eigenvalue weighted by Gasteiger charge is -2.26. The van der Waals surface area contributed by atoms with Gasteiger partial charge < -0.3 is 5.11 Å². The number of carbonyl (C=O) groups is 3. The van der Waals surface area contributed by atoms with E-state index in [0.717, 1.165) is 12.8 Å². The van der Waals surface area contributed by atoms with E-state index in [9.17, 15) is 14.4 Å². The quantitative estimate of drug-likeness (QED) is 0.455. The molecule has 0 bridgehead atoms. The lowest BCUT2D eigenvalue weighted by molar-refractivity contribution is -0.292. The van der Waals surface area contributed by atoms with Gasteiger partial charge in [-0.3, -0.25) is 14.5 Å². The minimum atomic E-state index is -1.00. The summed E-state index contributed by atoms with van der Waals surface area (Å²) in [5.74, 6) is -3.55. The Morgan fingerprint density at radius 2 is 1.75 bits per heavy atom. The van der Waals surface area contributed by atoms with Crippen LogP contribution in [-0.4, -0.2) is 28.9 Å². The first kappa shape index (κ1) is 16.4. The molecule has 0 saturated heterocycles. The molecule has 0 spiro atoms. The monoisotopic (exact) mass is 284 g/mol. The van der Waals surface area contributed by atoms with Gasteiger partial charge in [0.25, 0.3) is 0 Å². The highest BCUT2D eigenvalue weighted by Crippen LogP contribution is 2.31. The van der Waals surface area contributed by atoms with Gasteiger partial charge in [-0.05, 0) is 32.3 Å². The summed E-state index contributed by atoms with van der Waals surface area (Å²) < 4.78 is 0. The Labute approximate surface area is 117 Å². The molecule has 0 heterocycles. The van der Waals surface area contributed by atoms with Crippen LogP contribution in [0.3, 0.4) is 0 Å². The summed E-state index contributed by atoms with van der Waals surface area (Å²) in [6.45, 7) is 6.46. The molecule has 1 rings (SSSR count). The molecule has 0 aromatic rings. The zero-order chi connectivity index (χ0) is 15.3. The van der Waals surface area contributed by atoms with Crippen LogP contribution in [0.25, 0.3) is 0 Å². The summed E-state index contributed by atoms with van der Waals surface area (Å²) in [6.07, 6.45) is 1.54. The molecule has 1 N–H and O–H groups in total. The molecule has 0 radical (unpaired) electrons. The lowest BCUT2D eigenvalue weighted by Crippen LogP contribution is -2.35. The van der Waals surface area contributed by atoms with Crippen LogP contribution in [0.1, 0.15) is 39.5 Å². The zero-order valence-corrected chi connectivity index (χ0v) is 11.8. The van der Waals surface area contributed by atoms with E-state index in [0.29, 0.717) is 18.4 Å². The highest BCUT2D eigenvalue weighted by molar-refractivity contribution is 5.97. The number of hydrogen-bond acceptors (Lipinski definition) is 5. The van der Waals surface area contributed by atoms with Crippen molar-refractivity contribution in [1.82, 2.24) is 0 Å². The molecule has 0 aromatic carbocycles. The van der Waals surface area contributed by atoms with E-state index in [2.05, 4.69) is 11.5 Å². The summed E-state index contributed by atoms with van der Waals surface area (Å²) in [6, 6.07) is 0. The van der Waals surface area contributed by atoms with Crippen LogP contribution in [0.5, 0.6) is 0 Å². The molecule has 6 nitrogen and oxygen atoms in total.